The highest BCUT2D eigenvalue weighted by Crippen LogP contribution is 2.25. The molecule has 1 fully saturated rings. The lowest BCUT2D eigenvalue weighted by Crippen LogP contribution is -2.34. The fourth-order valence-electron chi connectivity index (χ4n) is 2.34. The van der Waals surface area contributed by atoms with Gasteiger partial charge in [-0.3, -0.25) is 20.8 Å². The number of nitrogen functional groups attached to an aromatic ring is 1. The molecule has 2 rings (SSSR count). The lowest BCUT2D eigenvalue weighted by molar-refractivity contribution is -0.384. The van der Waals surface area contributed by atoms with Gasteiger partial charge in [-0.15, -0.1) is 0 Å². The van der Waals surface area contributed by atoms with Crippen molar-refractivity contribution < 1.29 is 14.5 Å². The topological polar surface area (TPSA) is 111 Å². The van der Waals surface area contributed by atoms with Gasteiger partial charge in [-0.25, -0.2) is 0 Å². The molecule has 114 valence electrons. The van der Waals surface area contributed by atoms with Crippen LogP contribution in [0.1, 0.15) is 23.2 Å². The van der Waals surface area contributed by atoms with Crippen molar-refractivity contribution in [3.8, 4) is 0 Å². The summed E-state index contributed by atoms with van der Waals surface area (Å²) >= 11 is 0. The molecule has 1 amide bonds. The zero-order valence-corrected chi connectivity index (χ0v) is 11.7. The Labute approximate surface area is 122 Å². The number of nitrogens with one attached hydrogen (secondary N) is 1. The van der Waals surface area contributed by atoms with E-state index >= 15 is 0 Å². The van der Waals surface area contributed by atoms with Gasteiger partial charge in [0.05, 0.1) is 11.0 Å². The number of ether oxygens (including phenoxy) is 1. The highest BCUT2D eigenvalue weighted by atomic mass is 16.6. The molecule has 0 radical (unpaired) electrons. The maximum atomic E-state index is 12.3. The van der Waals surface area contributed by atoms with Crippen molar-refractivity contribution in [2.45, 2.75) is 18.9 Å². The quantitative estimate of drug-likeness (QED) is 0.478. The van der Waals surface area contributed by atoms with Crippen LogP contribution in [0.3, 0.4) is 0 Å². The number of nitro benzene ring substituents is 1. The third kappa shape index (κ3) is 3.47. The van der Waals surface area contributed by atoms with Crippen LogP contribution in [0, 0.1) is 10.1 Å². The number of likely N-dealkylation sites (N-methyl/N-ethyl adjacent to an activating group) is 1. The number of nitrogens with zero attached hydrogens (tertiary/aromatic N) is 2. The standard InChI is InChI=1S/C13H18N4O4/c1-16(8-10-3-2-6-21-10)13(18)9-4-5-12(17(19)20)11(7-9)15-14/h4-5,7,10,15H,2-3,6,8,14H2,1H3. The lowest BCUT2D eigenvalue weighted by Gasteiger charge is -2.21. The third-order valence-corrected chi connectivity index (χ3v) is 3.44. The minimum absolute atomic E-state index is 0.0594. The summed E-state index contributed by atoms with van der Waals surface area (Å²) in [6.07, 6.45) is 2.00. The van der Waals surface area contributed by atoms with Gasteiger partial charge in [-0.2, -0.15) is 0 Å². The molecular formula is C13H18N4O4. The van der Waals surface area contributed by atoms with Crippen molar-refractivity contribution in [1.82, 2.24) is 4.90 Å². The minimum Gasteiger partial charge on any atom is -0.376 e. The van der Waals surface area contributed by atoms with E-state index in [0.717, 1.165) is 19.4 Å². The Morgan fingerprint density at radius 1 is 1.62 bits per heavy atom. The summed E-state index contributed by atoms with van der Waals surface area (Å²) < 4.78 is 5.49. The number of benzene rings is 1. The van der Waals surface area contributed by atoms with E-state index in [1.165, 1.54) is 18.2 Å². The number of carbonyl (C=O) groups excluding carboxylic acids is 1. The molecule has 0 aliphatic carbocycles. The first-order valence-electron chi connectivity index (χ1n) is 6.65. The lowest BCUT2D eigenvalue weighted by atomic mass is 10.1. The van der Waals surface area contributed by atoms with Gasteiger partial charge in [0, 0.05) is 31.8 Å². The molecule has 0 bridgehead atoms. The predicted octanol–water partition coefficient (Wildman–Crippen LogP) is 1.13. The molecule has 1 aromatic rings. The van der Waals surface area contributed by atoms with Crippen molar-refractivity contribution in [3.05, 3.63) is 33.9 Å². The summed E-state index contributed by atoms with van der Waals surface area (Å²) in [4.78, 5) is 24.1. The monoisotopic (exact) mass is 294 g/mol. The molecule has 8 nitrogen and oxygen atoms in total. The zero-order valence-electron chi connectivity index (χ0n) is 11.7. The van der Waals surface area contributed by atoms with Crippen molar-refractivity contribution in [3.63, 3.8) is 0 Å². The number of nitro groups is 1. The van der Waals surface area contributed by atoms with E-state index in [9.17, 15) is 14.9 Å². The van der Waals surface area contributed by atoms with Crippen LogP contribution in [0.15, 0.2) is 18.2 Å². The minimum atomic E-state index is -0.556. The third-order valence-electron chi connectivity index (χ3n) is 3.44. The van der Waals surface area contributed by atoms with Gasteiger partial charge >= 0.3 is 0 Å². The summed E-state index contributed by atoms with van der Waals surface area (Å²) in [6.45, 7) is 1.23. The van der Waals surface area contributed by atoms with Crippen LogP contribution in [0.5, 0.6) is 0 Å². The molecule has 0 spiro atoms. The zero-order chi connectivity index (χ0) is 15.4. The second-order valence-electron chi connectivity index (χ2n) is 4.95. The van der Waals surface area contributed by atoms with E-state index in [2.05, 4.69) is 5.43 Å². The highest BCUT2D eigenvalue weighted by Gasteiger charge is 2.22. The Balaban J connectivity index is 2.12. The van der Waals surface area contributed by atoms with Crippen LogP contribution < -0.4 is 11.3 Å². The smallest absolute Gasteiger partial charge is 0.293 e. The number of nitrogens with two attached hydrogens (primary N) is 1. The molecule has 0 saturated carbocycles. The van der Waals surface area contributed by atoms with Crippen LogP contribution in [0.25, 0.3) is 0 Å². The molecule has 1 heterocycles. The van der Waals surface area contributed by atoms with Crippen molar-refractivity contribution in [2.75, 3.05) is 25.6 Å². The fourth-order valence-corrected chi connectivity index (χ4v) is 2.34. The molecule has 3 N–H and O–H groups in total. The molecule has 1 unspecified atom stereocenters. The van der Waals surface area contributed by atoms with Gasteiger partial charge in [0.25, 0.3) is 11.6 Å². The number of anilines is 1. The molecular weight excluding hydrogens is 276 g/mol. The van der Waals surface area contributed by atoms with Gasteiger partial charge < -0.3 is 15.1 Å². The average Bonchev–Trinajstić information content (AvgIpc) is 2.98. The van der Waals surface area contributed by atoms with Gasteiger partial charge in [0.1, 0.15) is 5.69 Å². The van der Waals surface area contributed by atoms with Gasteiger partial charge in [0.2, 0.25) is 0 Å². The number of carbonyl (C=O) groups is 1. The van der Waals surface area contributed by atoms with E-state index in [1.54, 1.807) is 11.9 Å². The molecule has 1 aromatic carbocycles. The number of hydrogen-bond acceptors (Lipinski definition) is 6. The van der Waals surface area contributed by atoms with Gasteiger partial charge in [-0.05, 0) is 25.0 Å². The van der Waals surface area contributed by atoms with Crippen LogP contribution in [-0.2, 0) is 4.74 Å². The normalized spacial score (nSPS) is 17.5. The Morgan fingerprint density at radius 3 is 2.95 bits per heavy atom. The number of amides is 1. The van der Waals surface area contributed by atoms with Crippen LogP contribution in [-0.4, -0.2) is 42.0 Å². The number of hydrogen-bond donors (Lipinski definition) is 2. The molecule has 0 aromatic heterocycles. The fraction of sp³-hybridized carbons (Fsp3) is 0.462. The first kappa shape index (κ1) is 15.2. The second kappa shape index (κ2) is 6.51. The second-order valence-corrected chi connectivity index (χ2v) is 4.95. The van der Waals surface area contributed by atoms with Gasteiger partial charge in [-0.1, -0.05) is 0 Å². The molecule has 1 aliphatic heterocycles. The summed E-state index contributed by atoms with van der Waals surface area (Å²) in [7, 11) is 1.68. The summed E-state index contributed by atoms with van der Waals surface area (Å²) in [5, 5.41) is 10.8. The number of rotatable bonds is 5. The maximum absolute atomic E-state index is 12.3. The van der Waals surface area contributed by atoms with Gasteiger partial charge in [0.15, 0.2) is 0 Å². The molecule has 8 heteroatoms. The molecule has 1 aliphatic rings. The Morgan fingerprint density at radius 2 is 2.38 bits per heavy atom. The summed E-state index contributed by atoms with van der Waals surface area (Å²) in [5.41, 5.74) is 2.53. The van der Waals surface area contributed by atoms with Crippen molar-refractivity contribution >= 4 is 17.3 Å². The Bertz CT molecular complexity index is 543. The largest absolute Gasteiger partial charge is 0.376 e. The van der Waals surface area contributed by atoms with E-state index in [1.807, 2.05) is 0 Å². The highest BCUT2D eigenvalue weighted by molar-refractivity contribution is 5.95. The Hall–Kier alpha value is -2.19. The predicted molar refractivity (Wildman–Crippen MR) is 76.8 cm³/mol. The molecule has 21 heavy (non-hydrogen) atoms. The van der Waals surface area contributed by atoms with E-state index in [4.69, 9.17) is 10.6 Å². The SMILES string of the molecule is CN(CC1CCCO1)C(=O)c1ccc([N+](=O)[O-])c(NN)c1. The average molecular weight is 294 g/mol. The number of hydrazine groups is 1. The summed E-state index contributed by atoms with van der Waals surface area (Å²) in [6, 6.07) is 4.07. The Kier molecular flexibility index (Phi) is 4.71. The van der Waals surface area contributed by atoms with E-state index in [-0.39, 0.29) is 23.4 Å². The summed E-state index contributed by atoms with van der Waals surface area (Å²) in [5.74, 6) is 5.04. The molecule has 1 saturated heterocycles. The maximum Gasteiger partial charge on any atom is 0.293 e. The van der Waals surface area contributed by atoms with Crippen LogP contribution in [0.2, 0.25) is 0 Å². The first-order chi connectivity index (χ1) is 10.0. The van der Waals surface area contributed by atoms with Crippen LogP contribution in [0.4, 0.5) is 11.4 Å². The van der Waals surface area contributed by atoms with Crippen molar-refractivity contribution in [2.24, 2.45) is 5.84 Å². The first-order valence-corrected chi connectivity index (χ1v) is 6.65. The van der Waals surface area contributed by atoms with E-state index in [0.29, 0.717) is 12.1 Å². The van der Waals surface area contributed by atoms with Crippen molar-refractivity contribution in [1.29, 1.82) is 0 Å². The van der Waals surface area contributed by atoms with Crippen LogP contribution >= 0.6 is 0 Å². The molecule has 1 atom stereocenters. The van der Waals surface area contributed by atoms with E-state index < -0.39 is 4.92 Å².